The summed E-state index contributed by atoms with van der Waals surface area (Å²) in [5, 5.41) is 4.43. The van der Waals surface area contributed by atoms with Gasteiger partial charge in [-0.2, -0.15) is 0 Å². The van der Waals surface area contributed by atoms with Gasteiger partial charge in [-0.1, -0.05) is 30.7 Å². The van der Waals surface area contributed by atoms with Crippen LogP contribution in [0.5, 0.6) is 0 Å². The zero-order valence-electron chi connectivity index (χ0n) is 12.1. The molecule has 0 spiro atoms. The SMILES string of the molecule is CCCNC(c1ccc(Cl)cc1)C(C)(C)N(C)C. The zero-order valence-corrected chi connectivity index (χ0v) is 12.9. The van der Waals surface area contributed by atoms with Gasteiger partial charge in [0, 0.05) is 10.6 Å². The summed E-state index contributed by atoms with van der Waals surface area (Å²) in [6, 6.07) is 8.44. The molecule has 1 aromatic rings. The van der Waals surface area contributed by atoms with Crippen LogP contribution < -0.4 is 5.32 Å². The molecule has 1 aromatic carbocycles. The molecule has 0 aliphatic heterocycles. The molecular weight excluding hydrogens is 244 g/mol. The second-order valence-electron chi connectivity index (χ2n) is 5.49. The molecule has 0 bridgehead atoms. The van der Waals surface area contributed by atoms with E-state index in [-0.39, 0.29) is 5.54 Å². The van der Waals surface area contributed by atoms with Crippen LogP contribution in [0, 0.1) is 0 Å². The summed E-state index contributed by atoms with van der Waals surface area (Å²) in [6.07, 6.45) is 1.13. The maximum absolute atomic E-state index is 5.97. The van der Waals surface area contributed by atoms with Crippen LogP contribution in [0.3, 0.4) is 0 Å². The minimum atomic E-state index is 0.0446. The van der Waals surface area contributed by atoms with E-state index in [9.17, 15) is 0 Å². The predicted octanol–water partition coefficient (Wildman–Crippen LogP) is 3.72. The van der Waals surface area contributed by atoms with Crippen molar-refractivity contribution in [1.29, 1.82) is 0 Å². The Hall–Kier alpha value is -0.570. The van der Waals surface area contributed by atoms with Gasteiger partial charge in [0.1, 0.15) is 0 Å². The van der Waals surface area contributed by atoms with Crippen molar-refractivity contribution in [2.45, 2.75) is 38.8 Å². The molecule has 1 atom stereocenters. The molecule has 102 valence electrons. The van der Waals surface area contributed by atoms with E-state index in [0.29, 0.717) is 6.04 Å². The Morgan fingerprint density at radius 3 is 2.22 bits per heavy atom. The molecule has 0 saturated heterocycles. The van der Waals surface area contributed by atoms with E-state index in [2.05, 4.69) is 57.2 Å². The monoisotopic (exact) mass is 268 g/mol. The smallest absolute Gasteiger partial charge is 0.0501 e. The van der Waals surface area contributed by atoms with Crippen LogP contribution in [-0.2, 0) is 0 Å². The lowest BCUT2D eigenvalue weighted by Crippen LogP contribution is -2.49. The minimum Gasteiger partial charge on any atom is -0.308 e. The molecule has 0 radical (unpaired) electrons. The average molecular weight is 269 g/mol. The fraction of sp³-hybridized carbons (Fsp3) is 0.600. The van der Waals surface area contributed by atoms with E-state index in [1.54, 1.807) is 0 Å². The van der Waals surface area contributed by atoms with Crippen molar-refractivity contribution >= 4 is 11.6 Å². The minimum absolute atomic E-state index is 0.0446. The van der Waals surface area contributed by atoms with E-state index >= 15 is 0 Å². The van der Waals surface area contributed by atoms with Gasteiger partial charge in [-0.05, 0) is 58.6 Å². The zero-order chi connectivity index (χ0) is 13.8. The van der Waals surface area contributed by atoms with Crippen molar-refractivity contribution in [2.75, 3.05) is 20.6 Å². The number of hydrogen-bond acceptors (Lipinski definition) is 2. The van der Waals surface area contributed by atoms with Crippen LogP contribution in [0.4, 0.5) is 0 Å². The first-order valence-electron chi connectivity index (χ1n) is 6.56. The largest absolute Gasteiger partial charge is 0.308 e. The Morgan fingerprint density at radius 2 is 1.78 bits per heavy atom. The fourth-order valence-electron chi connectivity index (χ4n) is 1.98. The molecule has 3 heteroatoms. The summed E-state index contributed by atoms with van der Waals surface area (Å²) < 4.78 is 0. The van der Waals surface area contributed by atoms with E-state index < -0.39 is 0 Å². The highest BCUT2D eigenvalue weighted by Gasteiger charge is 2.32. The van der Waals surface area contributed by atoms with Gasteiger partial charge in [-0.25, -0.2) is 0 Å². The van der Waals surface area contributed by atoms with Crippen molar-refractivity contribution in [3.8, 4) is 0 Å². The van der Waals surface area contributed by atoms with Gasteiger partial charge in [0.2, 0.25) is 0 Å². The van der Waals surface area contributed by atoms with Crippen LogP contribution in [-0.4, -0.2) is 31.1 Å². The number of likely N-dealkylation sites (N-methyl/N-ethyl adjacent to an activating group) is 1. The first-order chi connectivity index (χ1) is 8.39. The summed E-state index contributed by atoms with van der Waals surface area (Å²) in [4.78, 5) is 2.26. The molecule has 18 heavy (non-hydrogen) atoms. The molecule has 1 rings (SSSR count). The standard InChI is InChI=1S/C15H25ClN2/c1-6-11-17-14(15(2,3)18(4)5)12-7-9-13(16)10-8-12/h7-10,14,17H,6,11H2,1-5H3. The van der Waals surface area contributed by atoms with Gasteiger partial charge in [-0.3, -0.25) is 0 Å². The lowest BCUT2D eigenvalue weighted by molar-refractivity contribution is 0.138. The number of nitrogens with one attached hydrogen (secondary N) is 1. The summed E-state index contributed by atoms with van der Waals surface area (Å²) >= 11 is 5.97. The third-order valence-corrected chi connectivity index (χ3v) is 3.91. The van der Waals surface area contributed by atoms with Gasteiger partial charge >= 0.3 is 0 Å². The lowest BCUT2D eigenvalue weighted by atomic mass is 9.87. The second-order valence-corrected chi connectivity index (χ2v) is 5.92. The maximum atomic E-state index is 5.97. The van der Waals surface area contributed by atoms with E-state index in [1.165, 1.54) is 5.56 Å². The number of hydrogen-bond donors (Lipinski definition) is 1. The molecular formula is C15H25ClN2. The molecule has 0 aromatic heterocycles. The molecule has 0 fully saturated rings. The van der Waals surface area contributed by atoms with Crippen molar-refractivity contribution < 1.29 is 0 Å². The molecule has 1 N–H and O–H groups in total. The second kappa shape index (κ2) is 6.55. The average Bonchev–Trinajstić information content (AvgIpc) is 2.31. The molecule has 0 aliphatic rings. The van der Waals surface area contributed by atoms with Crippen LogP contribution in [0.1, 0.15) is 38.8 Å². The molecule has 1 unspecified atom stereocenters. The normalized spacial score (nSPS) is 13.9. The Balaban J connectivity index is 3.01. The van der Waals surface area contributed by atoms with E-state index in [0.717, 1.165) is 18.0 Å². The van der Waals surface area contributed by atoms with Crippen LogP contribution in [0.25, 0.3) is 0 Å². The third kappa shape index (κ3) is 3.71. The summed E-state index contributed by atoms with van der Waals surface area (Å²) in [5.41, 5.74) is 1.33. The first kappa shape index (κ1) is 15.5. The summed E-state index contributed by atoms with van der Waals surface area (Å²) in [7, 11) is 4.24. The highest BCUT2D eigenvalue weighted by atomic mass is 35.5. The molecule has 0 amide bonds. The molecule has 0 heterocycles. The summed E-state index contributed by atoms with van der Waals surface area (Å²) in [5.74, 6) is 0. The van der Waals surface area contributed by atoms with Crippen molar-refractivity contribution in [2.24, 2.45) is 0 Å². The van der Waals surface area contributed by atoms with Gasteiger partial charge in [0.15, 0.2) is 0 Å². The third-order valence-electron chi connectivity index (χ3n) is 3.66. The van der Waals surface area contributed by atoms with Crippen LogP contribution in [0.15, 0.2) is 24.3 Å². The Morgan fingerprint density at radius 1 is 1.22 bits per heavy atom. The Labute approximate surface area is 116 Å². The topological polar surface area (TPSA) is 15.3 Å². The van der Waals surface area contributed by atoms with E-state index in [4.69, 9.17) is 11.6 Å². The molecule has 0 saturated carbocycles. The van der Waals surface area contributed by atoms with Crippen LogP contribution in [0.2, 0.25) is 5.02 Å². The fourth-order valence-corrected chi connectivity index (χ4v) is 2.10. The van der Waals surface area contributed by atoms with Crippen LogP contribution >= 0.6 is 11.6 Å². The Kier molecular flexibility index (Phi) is 5.64. The lowest BCUT2D eigenvalue weighted by Gasteiger charge is -2.41. The predicted molar refractivity (Wildman–Crippen MR) is 80.3 cm³/mol. The van der Waals surface area contributed by atoms with Gasteiger partial charge in [-0.15, -0.1) is 0 Å². The molecule has 0 aliphatic carbocycles. The highest BCUT2D eigenvalue weighted by Crippen LogP contribution is 2.30. The van der Waals surface area contributed by atoms with Crippen molar-refractivity contribution in [3.63, 3.8) is 0 Å². The van der Waals surface area contributed by atoms with Gasteiger partial charge in [0.25, 0.3) is 0 Å². The number of nitrogens with zero attached hydrogens (tertiary/aromatic N) is 1. The maximum Gasteiger partial charge on any atom is 0.0501 e. The Bertz CT molecular complexity index is 357. The highest BCUT2D eigenvalue weighted by molar-refractivity contribution is 6.30. The number of rotatable bonds is 6. The first-order valence-corrected chi connectivity index (χ1v) is 6.93. The van der Waals surface area contributed by atoms with Gasteiger partial charge in [0.05, 0.1) is 6.04 Å². The molecule has 2 nitrogen and oxygen atoms in total. The van der Waals surface area contributed by atoms with Crippen molar-refractivity contribution in [3.05, 3.63) is 34.9 Å². The van der Waals surface area contributed by atoms with Gasteiger partial charge < -0.3 is 10.2 Å². The quantitative estimate of drug-likeness (QED) is 0.846. The number of benzene rings is 1. The number of halogens is 1. The van der Waals surface area contributed by atoms with E-state index in [1.807, 2.05) is 12.1 Å². The summed E-state index contributed by atoms with van der Waals surface area (Å²) in [6.45, 7) is 7.73. The van der Waals surface area contributed by atoms with Crippen molar-refractivity contribution in [1.82, 2.24) is 10.2 Å².